The summed E-state index contributed by atoms with van der Waals surface area (Å²) in [5, 5.41) is 10.2. The summed E-state index contributed by atoms with van der Waals surface area (Å²) in [7, 11) is 0. The van der Waals surface area contributed by atoms with Crippen LogP contribution in [0.5, 0.6) is 0 Å². The molecule has 0 heterocycles. The lowest BCUT2D eigenvalue weighted by atomic mass is 9.96. The Bertz CT molecular complexity index is 495. The van der Waals surface area contributed by atoms with Gasteiger partial charge in [-0.25, -0.2) is 0 Å². The molecule has 0 spiro atoms. The number of hydrogen-bond acceptors (Lipinski definition) is 2. The summed E-state index contributed by atoms with van der Waals surface area (Å²) < 4.78 is 0. The van der Waals surface area contributed by atoms with Crippen molar-refractivity contribution in [3.63, 3.8) is 0 Å². The van der Waals surface area contributed by atoms with Crippen molar-refractivity contribution in [3.05, 3.63) is 71.3 Å². The molecule has 0 amide bonds. The van der Waals surface area contributed by atoms with Crippen molar-refractivity contribution in [2.45, 2.75) is 25.5 Å². The first kappa shape index (κ1) is 12.8. The van der Waals surface area contributed by atoms with Crippen LogP contribution in [0.4, 0.5) is 0 Å². The van der Waals surface area contributed by atoms with Crippen LogP contribution < -0.4 is 5.73 Å². The minimum atomic E-state index is -0.561. The highest BCUT2D eigenvalue weighted by atomic mass is 16.3. The van der Waals surface area contributed by atoms with Gasteiger partial charge in [0.05, 0.1) is 12.1 Å². The Morgan fingerprint density at radius 2 is 1.78 bits per heavy atom. The molecule has 0 radical (unpaired) electrons. The van der Waals surface area contributed by atoms with E-state index in [1.54, 1.807) is 0 Å². The fourth-order valence-electron chi connectivity index (χ4n) is 2.08. The number of hydrogen-bond donors (Lipinski definition) is 2. The Kier molecular flexibility index (Phi) is 4.13. The Morgan fingerprint density at radius 3 is 2.44 bits per heavy atom. The average molecular weight is 241 g/mol. The molecule has 0 aromatic heterocycles. The molecule has 0 aliphatic rings. The summed E-state index contributed by atoms with van der Waals surface area (Å²) >= 11 is 0. The molecule has 2 heteroatoms. The van der Waals surface area contributed by atoms with E-state index >= 15 is 0 Å². The molecule has 2 rings (SSSR count). The molecule has 2 aromatic rings. The van der Waals surface area contributed by atoms with Gasteiger partial charge < -0.3 is 10.8 Å². The van der Waals surface area contributed by atoms with Gasteiger partial charge >= 0.3 is 0 Å². The van der Waals surface area contributed by atoms with Crippen molar-refractivity contribution in [1.29, 1.82) is 0 Å². The second kappa shape index (κ2) is 5.80. The Labute approximate surface area is 108 Å². The van der Waals surface area contributed by atoms with Crippen LogP contribution in [0, 0.1) is 6.92 Å². The third-order valence-corrected chi connectivity index (χ3v) is 3.13. The van der Waals surface area contributed by atoms with E-state index in [4.69, 9.17) is 5.73 Å². The van der Waals surface area contributed by atoms with E-state index in [-0.39, 0.29) is 6.04 Å². The fourth-order valence-corrected chi connectivity index (χ4v) is 2.08. The van der Waals surface area contributed by atoms with Gasteiger partial charge in [-0.1, -0.05) is 60.2 Å². The molecule has 18 heavy (non-hydrogen) atoms. The van der Waals surface area contributed by atoms with Crippen LogP contribution >= 0.6 is 0 Å². The van der Waals surface area contributed by atoms with Crippen LogP contribution in [0.1, 0.15) is 22.7 Å². The number of aliphatic hydroxyl groups excluding tert-OH is 1. The van der Waals surface area contributed by atoms with E-state index in [9.17, 15) is 5.11 Å². The minimum absolute atomic E-state index is 0.342. The van der Waals surface area contributed by atoms with Crippen LogP contribution in [0.25, 0.3) is 0 Å². The highest BCUT2D eigenvalue weighted by Gasteiger charge is 2.17. The van der Waals surface area contributed by atoms with Gasteiger partial charge in [-0.15, -0.1) is 0 Å². The predicted octanol–water partition coefficient (Wildman–Crippen LogP) is 2.60. The maximum absolute atomic E-state index is 10.2. The lowest BCUT2D eigenvalue weighted by Gasteiger charge is -2.19. The minimum Gasteiger partial charge on any atom is -0.391 e. The lowest BCUT2D eigenvalue weighted by Crippen LogP contribution is -2.28. The van der Waals surface area contributed by atoms with Gasteiger partial charge in [0.2, 0.25) is 0 Å². The average Bonchev–Trinajstić information content (AvgIpc) is 2.39. The molecular formula is C16H19NO. The molecule has 94 valence electrons. The van der Waals surface area contributed by atoms with Crippen LogP contribution in [0.3, 0.4) is 0 Å². The standard InChI is InChI=1S/C16H19NO/c1-12-6-5-9-14(10-12)16(17)15(18)11-13-7-3-2-4-8-13/h2-10,15-16,18H,11,17H2,1H3/t15-,16+/m0/s1. The molecule has 0 aliphatic carbocycles. The predicted molar refractivity (Wildman–Crippen MR) is 74.3 cm³/mol. The van der Waals surface area contributed by atoms with Crippen molar-refractivity contribution < 1.29 is 5.11 Å². The summed E-state index contributed by atoms with van der Waals surface area (Å²) in [4.78, 5) is 0. The van der Waals surface area contributed by atoms with Crippen molar-refractivity contribution >= 4 is 0 Å². The largest absolute Gasteiger partial charge is 0.391 e. The molecule has 0 unspecified atom stereocenters. The van der Waals surface area contributed by atoms with Gasteiger partial charge in [-0.05, 0) is 18.1 Å². The third kappa shape index (κ3) is 3.19. The van der Waals surface area contributed by atoms with Crippen LogP contribution in [0.15, 0.2) is 54.6 Å². The molecule has 0 bridgehead atoms. The molecule has 0 saturated carbocycles. The summed E-state index contributed by atoms with van der Waals surface area (Å²) in [5.41, 5.74) is 9.36. The zero-order chi connectivity index (χ0) is 13.0. The first-order chi connectivity index (χ1) is 8.66. The molecule has 2 atom stereocenters. The van der Waals surface area contributed by atoms with Gasteiger partial charge in [0.1, 0.15) is 0 Å². The van der Waals surface area contributed by atoms with Crippen molar-refractivity contribution in [1.82, 2.24) is 0 Å². The van der Waals surface area contributed by atoms with E-state index in [0.717, 1.165) is 16.7 Å². The maximum atomic E-state index is 10.2. The summed E-state index contributed by atoms with van der Waals surface area (Å²) in [6.45, 7) is 2.03. The monoisotopic (exact) mass is 241 g/mol. The van der Waals surface area contributed by atoms with Gasteiger partial charge in [-0.2, -0.15) is 0 Å². The van der Waals surface area contributed by atoms with Crippen molar-refractivity contribution in [2.24, 2.45) is 5.73 Å². The molecule has 0 aliphatic heterocycles. The SMILES string of the molecule is Cc1cccc([C@@H](N)[C@@H](O)Cc2ccccc2)c1. The number of benzene rings is 2. The van der Waals surface area contributed by atoms with E-state index in [1.165, 1.54) is 0 Å². The number of aryl methyl sites for hydroxylation is 1. The van der Waals surface area contributed by atoms with Crippen LogP contribution in [0.2, 0.25) is 0 Å². The summed E-state index contributed by atoms with van der Waals surface area (Å²) in [5.74, 6) is 0. The number of nitrogens with two attached hydrogens (primary N) is 1. The second-order valence-corrected chi connectivity index (χ2v) is 4.70. The number of rotatable bonds is 4. The quantitative estimate of drug-likeness (QED) is 0.864. The van der Waals surface area contributed by atoms with Gasteiger partial charge in [0.15, 0.2) is 0 Å². The normalized spacial score (nSPS) is 14.2. The van der Waals surface area contributed by atoms with Gasteiger partial charge in [0, 0.05) is 6.42 Å². The first-order valence-electron chi connectivity index (χ1n) is 6.21. The van der Waals surface area contributed by atoms with Gasteiger partial charge in [-0.3, -0.25) is 0 Å². The topological polar surface area (TPSA) is 46.2 Å². The zero-order valence-corrected chi connectivity index (χ0v) is 10.6. The Balaban J connectivity index is 2.07. The zero-order valence-electron chi connectivity index (χ0n) is 10.6. The highest BCUT2D eigenvalue weighted by Crippen LogP contribution is 2.18. The third-order valence-electron chi connectivity index (χ3n) is 3.13. The Morgan fingerprint density at radius 1 is 1.06 bits per heavy atom. The smallest absolute Gasteiger partial charge is 0.0773 e. The maximum Gasteiger partial charge on any atom is 0.0773 e. The van der Waals surface area contributed by atoms with Crippen molar-refractivity contribution in [2.75, 3.05) is 0 Å². The van der Waals surface area contributed by atoms with Crippen LogP contribution in [-0.2, 0) is 6.42 Å². The molecule has 3 N–H and O–H groups in total. The number of aliphatic hydroxyl groups is 1. The molecule has 0 fully saturated rings. The summed E-state index contributed by atoms with van der Waals surface area (Å²) in [6.07, 6.45) is 0.0184. The summed E-state index contributed by atoms with van der Waals surface area (Å²) in [6, 6.07) is 17.6. The second-order valence-electron chi connectivity index (χ2n) is 4.70. The van der Waals surface area contributed by atoms with E-state index in [2.05, 4.69) is 0 Å². The Hall–Kier alpha value is -1.64. The molecule has 0 saturated heterocycles. The fraction of sp³-hybridized carbons (Fsp3) is 0.250. The van der Waals surface area contributed by atoms with E-state index in [1.807, 2.05) is 61.5 Å². The first-order valence-corrected chi connectivity index (χ1v) is 6.21. The van der Waals surface area contributed by atoms with Crippen LogP contribution in [-0.4, -0.2) is 11.2 Å². The van der Waals surface area contributed by atoms with Gasteiger partial charge in [0.25, 0.3) is 0 Å². The molecular weight excluding hydrogens is 222 g/mol. The van der Waals surface area contributed by atoms with E-state index in [0.29, 0.717) is 6.42 Å². The molecule has 2 nitrogen and oxygen atoms in total. The van der Waals surface area contributed by atoms with E-state index < -0.39 is 6.10 Å². The van der Waals surface area contributed by atoms with Crippen molar-refractivity contribution in [3.8, 4) is 0 Å². The lowest BCUT2D eigenvalue weighted by molar-refractivity contribution is 0.145. The highest BCUT2D eigenvalue weighted by molar-refractivity contribution is 5.26. The molecule has 2 aromatic carbocycles.